The predicted octanol–water partition coefficient (Wildman–Crippen LogP) is 6.96. The van der Waals surface area contributed by atoms with Crippen LogP contribution < -0.4 is 10.6 Å². The van der Waals surface area contributed by atoms with Crippen molar-refractivity contribution in [3.8, 4) is 0 Å². The van der Waals surface area contributed by atoms with E-state index in [0.29, 0.717) is 28.1 Å². The highest BCUT2D eigenvalue weighted by atomic mass is 32.1. The lowest BCUT2D eigenvalue weighted by atomic mass is 9.81. The number of aromatic nitrogens is 3. The Labute approximate surface area is 232 Å². The van der Waals surface area contributed by atoms with Gasteiger partial charge in [0, 0.05) is 24.1 Å². The molecule has 40 heavy (non-hydrogen) atoms. The van der Waals surface area contributed by atoms with Crippen LogP contribution in [-0.4, -0.2) is 38.9 Å². The van der Waals surface area contributed by atoms with Crippen molar-refractivity contribution in [2.45, 2.75) is 89.4 Å². The smallest absolute Gasteiger partial charge is 0.350 e. The lowest BCUT2D eigenvalue weighted by molar-refractivity contribution is -0.144. The zero-order valence-corrected chi connectivity index (χ0v) is 23.2. The van der Waals surface area contributed by atoms with Crippen LogP contribution in [-0.2, 0) is 4.79 Å². The number of carbonyl (C=O) groups is 2. The number of hydrogen-bond donors (Lipinski definition) is 3. The van der Waals surface area contributed by atoms with Crippen molar-refractivity contribution in [2.75, 3.05) is 0 Å². The van der Waals surface area contributed by atoms with Gasteiger partial charge in [0.05, 0.1) is 35.0 Å². The maximum absolute atomic E-state index is 14.0. The number of thiazole rings is 1. The summed E-state index contributed by atoms with van der Waals surface area (Å²) in [6.07, 6.45) is -6.44. The standard InChI is InChI=1S/C27H32F5N5O2S/c1-14(2)23-22(33-13-40-23)25(39)37-21(16-6-9-26(28,29)10-7-16)24-35-18-5-4-17(12-19(18)36-24)15(3)34-20(38)8-11-27(30,31)32/h4-5,12-16,21H,6-11H2,1-3H3,(H,34,38)(H,35,36)(H,37,39)/t15-,21+/m1/s1. The number of rotatable bonds is 9. The molecule has 1 aliphatic rings. The van der Waals surface area contributed by atoms with Gasteiger partial charge in [-0.3, -0.25) is 9.59 Å². The molecule has 1 aliphatic carbocycles. The molecule has 1 aromatic carbocycles. The van der Waals surface area contributed by atoms with Crippen molar-refractivity contribution in [3.63, 3.8) is 0 Å². The van der Waals surface area contributed by atoms with Crippen LogP contribution >= 0.6 is 11.3 Å². The SMILES string of the molecule is CC(C)c1scnc1C(=O)N[C@H](c1nc2cc([C@@H](C)NC(=O)CCC(F)(F)F)ccc2[nH]1)C1CCC(F)(F)CC1. The van der Waals surface area contributed by atoms with E-state index in [1.807, 2.05) is 13.8 Å². The van der Waals surface area contributed by atoms with Gasteiger partial charge in [0.15, 0.2) is 0 Å². The van der Waals surface area contributed by atoms with Crippen molar-refractivity contribution in [3.05, 3.63) is 45.7 Å². The molecule has 0 radical (unpaired) electrons. The molecule has 1 saturated carbocycles. The summed E-state index contributed by atoms with van der Waals surface area (Å²) in [5.41, 5.74) is 3.69. The van der Waals surface area contributed by atoms with Gasteiger partial charge >= 0.3 is 6.18 Å². The molecule has 3 N–H and O–H groups in total. The van der Waals surface area contributed by atoms with Crippen LogP contribution in [0.1, 0.15) is 104 Å². The number of carbonyl (C=O) groups excluding carboxylic acids is 2. The Hall–Kier alpha value is -3.09. The van der Waals surface area contributed by atoms with Gasteiger partial charge in [-0.15, -0.1) is 11.3 Å². The summed E-state index contributed by atoms with van der Waals surface area (Å²) >= 11 is 1.38. The van der Waals surface area contributed by atoms with Crippen LogP contribution in [0.2, 0.25) is 0 Å². The molecule has 4 rings (SSSR count). The van der Waals surface area contributed by atoms with Crippen molar-refractivity contribution >= 4 is 34.2 Å². The molecule has 2 heterocycles. The molecular formula is C27H32F5N5O2S. The van der Waals surface area contributed by atoms with E-state index in [-0.39, 0.29) is 37.5 Å². The van der Waals surface area contributed by atoms with E-state index in [2.05, 4.69) is 25.6 Å². The van der Waals surface area contributed by atoms with Crippen LogP contribution in [0.25, 0.3) is 11.0 Å². The largest absolute Gasteiger partial charge is 0.389 e. The van der Waals surface area contributed by atoms with Crippen LogP contribution in [0, 0.1) is 5.92 Å². The number of imidazole rings is 1. The van der Waals surface area contributed by atoms with E-state index in [1.54, 1.807) is 30.6 Å². The summed E-state index contributed by atoms with van der Waals surface area (Å²) in [5, 5.41) is 5.56. The number of amides is 2. The van der Waals surface area contributed by atoms with E-state index in [4.69, 9.17) is 0 Å². The summed E-state index contributed by atoms with van der Waals surface area (Å²) < 4.78 is 65.2. The van der Waals surface area contributed by atoms with Gasteiger partial charge in [0.1, 0.15) is 11.5 Å². The zero-order valence-electron chi connectivity index (χ0n) is 22.4. The number of hydrogen-bond acceptors (Lipinski definition) is 5. The van der Waals surface area contributed by atoms with E-state index in [1.165, 1.54) is 11.3 Å². The molecule has 7 nitrogen and oxygen atoms in total. The number of benzene rings is 1. The molecule has 2 aromatic heterocycles. The monoisotopic (exact) mass is 585 g/mol. The number of fused-ring (bicyclic) bond motifs is 1. The molecule has 218 valence electrons. The van der Waals surface area contributed by atoms with E-state index >= 15 is 0 Å². The minimum atomic E-state index is -4.42. The summed E-state index contributed by atoms with van der Waals surface area (Å²) in [6, 6.07) is 3.92. The molecule has 2 atom stereocenters. The normalized spacial score (nSPS) is 17.6. The maximum Gasteiger partial charge on any atom is 0.389 e. The fraction of sp³-hybridized carbons (Fsp3) is 0.556. The minimum absolute atomic E-state index is 0.0839. The lowest BCUT2D eigenvalue weighted by Crippen LogP contribution is -2.38. The lowest BCUT2D eigenvalue weighted by Gasteiger charge is -2.33. The fourth-order valence-electron chi connectivity index (χ4n) is 4.96. The van der Waals surface area contributed by atoms with Gasteiger partial charge < -0.3 is 15.6 Å². The number of aromatic amines is 1. The molecule has 13 heteroatoms. The first-order valence-corrected chi connectivity index (χ1v) is 14.1. The maximum atomic E-state index is 14.0. The molecule has 0 saturated heterocycles. The van der Waals surface area contributed by atoms with E-state index in [0.717, 1.165) is 4.88 Å². The van der Waals surface area contributed by atoms with Gasteiger partial charge in [-0.05, 0) is 49.3 Å². The molecule has 2 amide bonds. The third-order valence-electron chi connectivity index (χ3n) is 7.19. The van der Waals surface area contributed by atoms with Crippen LogP contribution in [0.4, 0.5) is 22.0 Å². The first-order valence-electron chi connectivity index (χ1n) is 13.2. The Balaban J connectivity index is 1.57. The number of H-pyrrole nitrogens is 1. The van der Waals surface area contributed by atoms with Crippen molar-refractivity contribution in [1.82, 2.24) is 25.6 Å². The first-order chi connectivity index (χ1) is 18.7. The minimum Gasteiger partial charge on any atom is -0.350 e. The molecule has 0 spiro atoms. The van der Waals surface area contributed by atoms with E-state index < -0.39 is 48.8 Å². The number of alkyl halides is 5. The average Bonchev–Trinajstić information content (AvgIpc) is 3.53. The second kappa shape index (κ2) is 11.8. The molecule has 0 aliphatic heterocycles. The molecule has 0 unspecified atom stereocenters. The van der Waals surface area contributed by atoms with Crippen molar-refractivity contribution in [2.24, 2.45) is 5.92 Å². The molecular weight excluding hydrogens is 553 g/mol. The molecule has 3 aromatic rings. The van der Waals surface area contributed by atoms with Crippen molar-refractivity contribution < 1.29 is 31.5 Å². The summed E-state index contributed by atoms with van der Waals surface area (Å²) in [6.45, 7) is 5.58. The molecule has 0 bridgehead atoms. The van der Waals surface area contributed by atoms with Crippen molar-refractivity contribution in [1.29, 1.82) is 0 Å². The van der Waals surface area contributed by atoms with Crippen LogP contribution in [0.5, 0.6) is 0 Å². The van der Waals surface area contributed by atoms with Crippen LogP contribution in [0.15, 0.2) is 23.7 Å². The van der Waals surface area contributed by atoms with Crippen LogP contribution in [0.3, 0.4) is 0 Å². The predicted molar refractivity (Wildman–Crippen MR) is 141 cm³/mol. The second-order valence-corrected chi connectivity index (χ2v) is 11.6. The first kappa shape index (κ1) is 29.9. The highest BCUT2D eigenvalue weighted by Gasteiger charge is 2.40. The Bertz CT molecular complexity index is 1340. The zero-order chi connectivity index (χ0) is 29.2. The highest BCUT2D eigenvalue weighted by molar-refractivity contribution is 7.10. The quantitative estimate of drug-likeness (QED) is 0.237. The topological polar surface area (TPSA) is 99.8 Å². The second-order valence-electron chi connectivity index (χ2n) is 10.7. The summed E-state index contributed by atoms with van der Waals surface area (Å²) in [4.78, 5) is 38.2. The van der Waals surface area contributed by atoms with Gasteiger partial charge in [-0.2, -0.15) is 13.2 Å². The summed E-state index contributed by atoms with van der Waals surface area (Å²) in [7, 11) is 0. The molecule has 1 fully saturated rings. The van der Waals surface area contributed by atoms with Gasteiger partial charge in [-0.1, -0.05) is 19.9 Å². The average molecular weight is 586 g/mol. The Morgan fingerprint density at radius 3 is 2.50 bits per heavy atom. The number of nitrogens with one attached hydrogen (secondary N) is 3. The third-order valence-corrected chi connectivity index (χ3v) is 8.32. The number of halogens is 5. The highest BCUT2D eigenvalue weighted by Crippen LogP contribution is 2.41. The van der Waals surface area contributed by atoms with Gasteiger partial charge in [0.25, 0.3) is 5.91 Å². The third kappa shape index (κ3) is 7.35. The van der Waals surface area contributed by atoms with E-state index in [9.17, 15) is 31.5 Å². The van der Waals surface area contributed by atoms with Gasteiger partial charge in [0.2, 0.25) is 11.8 Å². The summed E-state index contributed by atoms with van der Waals surface area (Å²) in [5.74, 6) is -3.64. The Morgan fingerprint density at radius 1 is 1.15 bits per heavy atom. The number of nitrogens with zero attached hydrogens (tertiary/aromatic N) is 2. The van der Waals surface area contributed by atoms with Gasteiger partial charge in [-0.25, -0.2) is 18.7 Å². The Kier molecular flexibility index (Phi) is 8.81. The Morgan fingerprint density at radius 2 is 1.85 bits per heavy atom. The fourth-order valence-corrected chi connectivity index (χ4v) is 5.76.